The second kappa shape index (κ2) is 6.02. The average Bonchev–Trinajstić information content (AvgIpc) is 2.94. The van der Waals surface area contributed by atoms with Crippen molar-refractivity contribution in [2.24, 2.45) is 5.73 Å². The summed E-state index contributed by atoms with van der Waals surface area (Å²) in [7, 11) is 3.27. The van der Waals surface area contributed by atoms with Gasteiger partial charge in [0.25, 0.3) is 5.91 Å². The molecule has 1 aromatic carbocycles. The third kappa shape index (κ3) is 2.81. The van der Waals surface area contributed by atoms with E-state index in [2.05, 4.69) is 0 Å². The summed E-state index contributed by atoms with van der Waals surface area (Å²) in [6, 6.07) is 9.00. The van der Waals surface area contributed by atoms with E-state index in [1.807, 2.05) is 17.5 Å². The smallest absolute Gasteiger partial charge is 0.271 e. The van der Waals surface area contributed by atoms with Crippen molar-refractivity contribution in [1.29, 1.82) is 0 Å². The van der Waals surface area contributed by atoms with E-state index >= 15 is 0 Å². The molecular weight excluding hydrogens is 292 g/mol. The number of thiophene rings is 1. The van der Waals surface area contributed by atoms with Crippen molar-refractivity contribution in [2.45, 2.75) is 0 Å². The Kier molecular flexibility index (Phi) is 4.36. The van der Waals surface area contributed by atoms with Crippen molar-refractivity contribution in [2.75, 3.05) is 19.1 Å². The molecule has 0 aliphatic rings. The minimum absolute atomic E-state index is 0.111. The summed E-state index contributed by atoms with van der Waals surface area (Å²) < 4.78 is 5.17. The third-order valence-electron chi connectivity index (χ3n) is 2.89. The number of ether oxygens (including phenoxy) is 1. The lowest BCUT2D eigenvalue weighted by Gasteiger charge is -2.17. The average molecular weight is 306 g/mol. The monoisotopic (exact) mass is 306 g/mol. The van der Waals surface area contributed by atoms with Crippen LogP contribution in [0.15, 0.2) is 35.7 Å². The highest BCUT2D eigenvalue weighted by Crippen LogP contribution is 2.27. The maximum atomic E-state index is 12.4. The molecule has 1 heterocycles. The van der Waals surface area contributed by atoms with Crippen LogP contribution in [0.2, 0.25) is 0 Å². The molecule has 0 spiro atoms. The Balaban J connectivity index is 2.24. The molecule has 0 radical (unpaired) electrons. The van der Waals surface area contributed by atoms with Gasteiger partial charge in [0.05, 0.1) is 7.11 Å². The van der Waals surface area contributed by atoms with Gasteiger partial charge in [-0.3, -0.25) is 4.79 Å². The lowest BCUT2D eigenvalue weighted by atomic mass is 10.2. The number of hydrogen-bond donors (Lipinski definition) is 1. The predicted octanol–water partition coefficient (Wildman–Crippen LogP) is 2.67. The van der Waals surface area contributed by atoms with Gasteiger partial charge in [0, 0.05) is 18.3 Å². The van der Waals surface area contributed by atoms with Gasteiger partial charge >= 0.3 is 0 Å². The van der Waals surface area contributed by atoms with Crippen LogP contribution in [0, 0.1) is 0 Å². The van der Waals surface area contributed by atoms with Gasteiger partial charge in [-0.25, -0.2) is 0 Å². The van der Waals surface area contributed by atoms with Crippen LogP contribution >= 0.6 is 23.6 Å². The van der Waals surface area contributed by atoms with Crippen molar-refractivity contribution >= 4 is 40.1 Å². The summed E-state index contributed by atoms with van der Waals surface area (Å²) in [5.74, 6) is 0.478. The fourth-order valence-electron chi connectivity index (χ4n) is 1.73. The maximum absolute atomic E-state index is 12.4. The molecule has 2 N–H and O–H groups in total. The standard InChI is InChI=1S/C14H14N2O2S2/c1-16(10-5-3-9(4-6-10)13(15)19)14(17)12-11(18-2)7-8-20-12/h3-8H,1-2H3,(H2,15,19). The predicted molar refractivity (Wildman–Crippen MR) is 85.9 cm³/mol. The van der Waals surface area contributed by atoms with Gasteiger partial charge in [0.1, 0.15) is 15.6 Å². The number of nitrogens with two attached hydrogens (primary N) is 1. The molecular formula is C14H14N2O2S2. The number of amides is 1. The number of nitrogens with zero attached hydrogens (tertiary/aromatic N) is 1. The first-order valence-corrected chi connectivity index (χ1v) is 7.12. The van der Waals surface area contributed by atoms with E-state index in [-0.39, 0.29) is 5.91 Å². The number of benzene rings is 1. The zero-order valence-corrected chi connectivity index (χ0v) is 12.8. The third-order valence-corrected chi connectivity index (χ3v) is 4.01. The van der Waals surface area contributed by atoms with E-state index in [0.29, 0.717) is 15.6 Å². The van der Waals surface area contributed by atoms with Gasteiger partial charge in [-0.1, -0.05) is 12.2 Å². The Morgan fingerprint density at radius 3 is 2.50 bits per heavy atom. The topological polar surface area (TPSA) is 55.6 Å². The molecule has 2 aromatic rings. The maximum Gasteiger partial charge on any atom is 0.271 e. The Morgan fingerprint density at radius 2 is 1.95 bits per heavy atom. The normalized spacial score (nSPS) is 10.1. The van der Waals surface area contributed by atoms with Crippen LogP contribution in [0.3, 0.4) is 0 Å². The van der Waals surface area contributed by atoms with Gasteiger partial charge < -0.3 is 15.4 Å². The second-order valence-electron chi connectivity index (χ2n) is 4.09. The van der Waals surface area contributed by atoms with Crippen LogP contribution in [0.5, 0.6) is 5.75 Å². The van der Waals surface area contributed by atoms with Crippen molar-refractivity contribution in [3.8, 4) is 5.75 Å². The molecule has 0 aliphatic carbocycles. The molecule has 1 aromatic heterocycles. The van der Waals surface area contributed by atoms with Crippen LogP contribution in [0.1, 0.15) is 15.2 Å². The first-order chi connectivity index (χ1) is 9.54. The summed E-state index contributed by atoms with van der Waals surface area (Å²) in [4.78, 5) is 14.9. The number of carbonyl (C=O) groups excluding carboxylic acids is 1. The molecule has 20 heavy (non-hydrogen) atoms. The molecule has 104 valence electrons. The van der Waals surface area contributed by atoms with E-state index in [1.165, 1.54) is 11.3 Å². The van der Waals surface area contributed by atoms with Gasteiger partial charge in [0.15, 0.2) is 0 Å². The van der Waals surface area contributed by atoms with E-state index in [1.54, 1.807) is 37.3 Å². The minimum Gasteiger partial charge on any atom is -0.495 e. The van der Waals surface area contributed by atoms with Crippen molar-refractivity contribution < 1.29 is 9.53 Å². The van der Waals surface area contributed by atoms with Crippen LogP contribution in [0.25, 0.3) is 0 Å². The summed E-state index contributed by atoms with van der Waals surface area (Å²) >= 11 is 6.26. The largest absolute Gasteiger partial charge is 0.495 e. The minimum atomic E-state index is -0.111. The van der Waals surface area contributed by atoms with Gasteiger partial charge in [0.2, 0.25) is 0 Å². The molecule has 0 atom stereocenters. The number of hydrogen-bond acceptors (Lipinski definition) is 4. The van der Waals surface area contributed by atoms with E-state index in [4.69, 9.17) is 22.7 Å². The van der Waals surface area contributed by atoms with Gasteiger partial charge in [-0.05, 0) is 35.7 Å². The molecule has 0 aliphatic heterocycles. The highest BCUT2D eigenvalue weighted by molar-refractivity contribution is 7.80. The fourth-order valence-corrected chi connectivity index (χ4v) is 2.70. The lowest BCUT2D eigenvalue weighted by molar-refractivity contribution is 0.0994. The Hall–Kier alpha value is -1.92. The lowest BCUT2D eigenvalue weighted by Crippen LogP contribution is -2.25. The van der Waals surface area contributed by atoms with E-state index < -0.39 is 0 Å². The SMILES string of the molecule is COc1ccsc1C(=O)N(C)c1ccc(C(N)=S)cc1. The second-order valence-corrected chi connectivity index (χ2v) is 5.45. The molecule has 2 rings (SSSR count). The van der Waals surface area contributed by atoms with Crippen molar-refractivity contribution in [1.82, 2.24) is 0 Å². The summed E-state index contributed by atoms with van der Waals surface area (Å²) in [5, 5.41) is 1.83. The molecule has 6 heteroatoms. The molecule has 0 unspecified atom stereocenters. The molecule has 1 amide bonds. The Morgan fingerprint density at radius 1 is 1.30 bits per heavy atom. The fraction of sp³-hybridized carbons (Fsp3) is 0.143. The summed E-state index contributed by atoms with van der Waals surface area (Å²) in [6.07, 6.45) is 0. The molecule has 4 nitrogen and oxygen atoms in total. The molecule has 0 saturated heterocycles. The number of methoxy groups -OCH3 is 1. The summed E-state index contributed by atoms with van der Waals surface area (Å²) in [6.45, 7) is 0. The number of thiocarbonyl (C=S) groups is 1. The zero-order valence-electron chi connectivity index (χ0n) is 11.1. The van der Waals surface area contributed by atoms with Crippen LogP contribution < -0.4 is 15.4 Å². The van der Waals surface area contributed by atoms with E-state index in [0.717, 1.165) is 11.3 Å². The van der Waals surface area contributed by atoms with Crippen LogP contribution in [-0.2, 0) is 0 Å². The van der Waals surface area contributed by atoms with Crippen LogP contribution in [-0.4, -0.2) is 25.1 Å². The number of carbonyl (C=O) groups is 1. The van der Waals surface area contributed by atoms with Crippen molar-refractivity contribution in [3.63, 3.8) is 0 Å². The molecule has 0 fully saturated rings. The molecule has 0 saturated carbocycles. The van der Waals surface area contributed by atoms with Crippen LogP contribution in [0.4, 0.5) is 5.69 Å². The number of rotatable bonds is 4. The van der Waals surface area contributed by atoms with E-state index in [9.17, 15) is 4.79 Å². The number of anilines is 1. The highest BCUT2D eigenvalue weighted by atomic mass is 32.1. The van der Waals surface area contributed by atoms with Crippen molar-refractivity contribution in [3.05, 3.63) is 46.2 Å². The Bertz CT molecular complexity index is 635. The molecule has 0 bridgehead atoms. The quantitative estimate of drug-likeness (QED) is 0.882. The Labute approximate surface area is 126 Å². The highest BCUT2D eigenvalue weighted by Gasteiger charge is 2.19. The zero-order chi connectivity index (χ0) is 14.7. The first-order valence-electron chi connectivity index (χ1n) is 5.84. The van der Waals surface area contributed by atoms with Gasteiger partial charge in [-0.2, -0.15) is 0 Å². The first kappa shape index (κ1) is 14.5. The van der Waals surface area contributed by atoms with Gasteiger partial charge in [-0.15, -0.1) is 11.3 Å². The summed E-state index contributed by atoms with van der Waals surface area (Å²) in [5.41, 5.74) is 7.10.